The first-order chi connectivity index (χ1) is 10.1. The van der Waals surface area contributed by atoms with Gasteiger partial charge in [0.15, 0.2) is 0 Å². The molecular formula is C17H17NO2S. The lowest BCUT2D eigenvalue weighted by atomic mass is 9.98. The van der Waals surface area contributed by atoms with Gasteiger partial charge in [0.05, 0.1) is 4.91 Å². The molecule has 4 heteroatoms. The maximum Gasteiger partial charge on any atom is 0.237 e. The van der Waals surface area contributed by atoms with Crippen LogP contribution in [0.15, 0.2) is 59.5 Å². The van der Waals surface area contributed by atoms with Gasteiger partial charge in [-0.2, -0.15) is 0 Å². The average Bonchev–Trinajstić information content (AvgIpc) is 2.53. The van der Waals surface area contributed by atoms with Crippen molar-refractivity contribution in [2.24, 2.45) is 0 Å². The normalized spacial score (nSPS) is 14.4. The van der Waals surface area contributed by atoms with Gasteiger partial charge in [0.2, 0.25) is 10.0 Å². The summed E-state index contributed by atoms with van der Waals surface area (Å²) >= 11 is 0. The van der Waals surface area contributed by atoms with Gasteiger partial charge >= 0.3 is 0 Å². The number of rotatable bonds is 4. The van der Waals surface area contributed by atoms with Gasteiger partial charge in [0, 0.05) is 6.54 Å². The Labute approximate surface area is 125 Å². The number of nitrogens with one attached hydrogen (secondary N) is 1. The van der Waals surface area contributed by atoms with Crippen LogP contribution in [0.4, 0.5) is 0 Å². The number of hydrogen-bond acceptors (Lipinski definition) is 2. The van der Waals surface area contributed by atoms with Gasteiger partial charge in [-0.15, -0.1) is 0 Å². The second-order valence-electron chi connectivity index (χ2n) is 5.12. The number of hydrogen-bond donors (Lipinski definition) is 1. The molecule has 0 aromatic heterocycles. The fourth-order valence-electron chi connectivity index (χ4n) is 2.48. The molecule has 2 aromatic carbocycles. The third-order valence-corrected chi connectivity index (χ3v) is 5.20. The monoisotopic (exact) mass is 299 g/mol. The van der Waals surface area contributed by atoms with Crippen molar-refractivity contribution in [2.75, 3.05) is 0 Å². The summed E-state index contributed by atoms with van der Waals surface area (Å²) in [4.78, 5) is 0.470. The second-order valence-corrected chi connectivity index (χ2v) is 6.94. The smallest absolute Gasteiger partial charge is 0.207 e. The van der Waals surface area contributed by atoms with Crippen molar-refractivity contribution in [3.63, 3.8) is 0 Å². The summed E-state index contributed by atoms with van der Waals surface area (Å²) in [7, 11) is -3.41. The van der Waals surface area contributed by atoms with Gasteiger partial charge in [-0.3, -0.25) is 0 Å². The van der Waals surface area contributed by atoms with Crippen molar-refractivity contribution in [3.05, 3.63) is 76.2 Å². The molecule has 21 heavy (non-hydrogen) atoms. The Balaban J connectivity index is 1.78. The zero-order valence-corrected chi connectivity index (χ0v) is 12.4. The first-order valence-electron chi connectivity index (χ1n) is 6.97. The van der Waals surface area contributed by atoms with E-state index in [4.69, 9.17) is 0 Å². The van der Waals surface area contributed by atoms with Crippen molar-refractivity contribution >= 4 is 16.1 Å². The van der Waals surface area contributed by atoms with Crippen LogP contribution >= 0.6 is 0 Å². The van der Waals surface area contributed by atoms with Crippen molar-refractivity contribution < 1.29 is 8.42 Å². The van der Waals surface area contributed by atoms with E-state index in [1.54, 1.807) is 6.08 Å². The summed E-state index contributed by atoms with van der Waals surface area (Å²) in [6, 6.07) is 17.5. The molecule has 0 fully saturated rings. The standard InChI is InChI=1S/C17H17NO2S/c19-21(20,18-13-14-6-2-1-3-7-14)17-11-10-15-8-4-5-9-16(15)12-17/h1-9,12,18H,10-11,13H2. The van der Waals surface area contributed by atoms with Crippen LogP contribution in [0.25, 0.3) is 6.08 Å². The molecular weight excluding hydrogens is 282 g/mol. The predicted molar refractivity (Wildman–Crippen MR) is 84.9 cm³/mol. The van der Waals surface area contributed by atoms with Crippen LogP contribution in [0, 0.1) is 0 Å². The molecule has 0 unspecified atom stereocenters. The Hall–Kier alpha value is -1.91. The van der Waals surface area contributed by atoms with Crippen LogP contribution in [0.2, 0.25) is 0 Å². The fraction of sp³-hybridized carbons (Fsp3) is 0.176. The summed E-state index contributed by atoms with van der Waals surface area (Å²) in [6.45, 7) is 0.322. The van der Waals surface area contributed by atoms with Crippen LogP contribution in [0.3, 0.4) is 0 Å². The van der Waals surface area contributed by atoms with E-state index in [-0.39, 0.29) is 0 Å². The van der Waals surface area contributed by atoms with E-state index in [0.29, 0.717) is 17.9 Å². The molecule has 1 aliphatic rings. The summed E-state index contributed by atoms with van der Waals surface area (Å²) in [5, 5.41) is 0. The minimum absolute atomic E-state index is 0.322. The first-order valence-corrected chi connectivity index (χ1v) is 8.45. The molecule has 0 spiro atoms. The van der Waals surface area contributed by atoms with Gasteiger partial charge in [0.1, 0.15) is 0 Å². The van der Waals surface area contributed by atoms with Gasteiger partial charge in [-0.1, -0.05) is 54.6 Å². The van der Waals surface area contributed by atoms with E-state index in [9.17, 15) is 8.42 Å². The highest BCUT2D eigenvalue weighted by atomic mass is 32.2. The van der Waals surface area contributed by atoms with Crippen LogP contribution in [0.1, 0.15) is 23.1 Å². The lowest BCUT2D eigenvalue weighted by Gasteiger charge is -2.17. The molecule has 0 heterocycles. The molecule has 0 saturated carbocycles. The largest absolute Gasteiger partial charge is 0.237 e. The molecule has 0 atom stereocenters. The predicted octanol–water partition coefficient (Wildman–Crippen LogP) is 3.09. The molecule has 1 aliphatic carbocycles. The SMILES string of the molecule is O=S(=O)(NCc1ccccc1)C1=Cc2ccccc2CC1. The van der Waals surface area contributed by atoms with E-state index in [1.807, 2.05) is 54.6 Å². The van der Waals surface area contributed by atoms with Gasteiger partial charge in [-0.25, -0.2) is 13.1 Å². The Morgan fingerprint density at radius 2 is 1.62 bits per heavy atom. The molecule has 108 valence electrons. The average molecular weight is 299 g/mol. The van der Waals surface area contributed by atoms with Crippen molar-refractivity contribution in [3.8, 4) is 0 Å². The number of benzene rings is 2. The zero-order valence-electron chi connectivity index (χ0n) is 11.6. The molecule has 3 rings (SSSR count). The maximum absolute atomic E-state index is 12.4. The van der Waals surface area contributed by atoms with E-state index < -0.39 is 10.0 Å². The van der Waals surface area contributed by atoms with Gasteiger partial charge < -0.3 is 0 Å². The Morgan fingerprint density at radius 3 is 2.43 bits per heavy atom. The minimum atomic E-state index is -3.41. The van der Waals surface area contributed by atoms with Crippen LogP contribution in [-0.2, 0) is 23.0 Å². The van der Waals surface area contributed by atoms with Crippen molar-refractivity contribution in [1.29, 1.82) is 0 Å². The maximum atomic E-state index is 12.4. The third-order valence-electron chi connectivity index (χ3n) is 3.67. The molecule has 1 N–H and O–H groups in total. The van der Waals surface area contributed by atoms with Crippen molar-refractivity contribution in [2.45, 2.75) is 19.4 Å². The lowest BCUT2D eigenvalue weighted by molar-refractivity contribution is 0.585. The lowest BCUT2D eigenvalue weighted by Crippen LogP contribution is -2.25. The van der Waals surface area contributed by atoms with E-state index >= 15 is 0 Å². The quantitative estimate of drug-likeness (QED) is 0.943. The minimum Gasteiger partial charge on any atom is -0.207 e. The van der Waals surface area contributed by atoms with E-state index in [1.165, 1.54) is 5.56 Å². The zero-order chi connectivity index (χ0) is 14.7. The van der Waals surface area contributed by atoms with E-state index in [0.717, 1.165) is 17.5 Å². The number of sulfonamides is 1. The van der Waals surface area contributed by atoms with Gasteiger partial charge in [-0.05, 0) is 35.6 Å². The molecule has 0 bridgehead atoms. The van der Waals surface area contributed by atoms with Crippen LogP contribution in [0.5, 0.6) is 0 Å². The fourth-order valence-corrected chi connectivity index (χ4v) is 3.68. The Kier molecular flexibility index (Phi) is 3.90. The van der Waals surface area contributed by atoms with Gasteiger partial charge in [0.25, 0.3) is 0 Å². The number of aryl methyl sites for hydroxylation is 1. The molecule has 0 aliphatic heterocycles. The highest BCUT2D eigenvalue weighted by Gasteiger charge is 2.21. The van der Waals surface area contributed by atoms with Crippen molar-refractivity contribution in [1.82, 2.24) is 4.72 Å². The Bertz CT molecular complexity index is 764. The van der Waals surface area contributed by atoms with Crippen LogP contribution < -0.4 is 4.72 Å². The highest BCUT2D eigenvalue weighted by Crippen LogP contribution is 2.26. The molecule has 0 amide bonds. The third kappa shape index (κ3) is 3.23. The highest BCUT2D eigenvalue weighted by molar-refractivity contribution is 7.93. The summed E-state index contributed by atoms with van der Waals surface area (Å²) in [6.07, 6.45) is 3.11. The summed E-state index contributed by atoms with van der Waals surface area (Å²) < 4.78 is 27.5. The van der Waals surface area contributed by atoms with E-state index in [2.05, 4.69) is 4.72 Å². The molecule has 2 aromatic rings. The molecule has 0 saturated heterocycles. The molecule has 3 nitrogen and oxygen atoms in total. The first kappa shape index (κ1) is 14.0. The summed E-state index contributed by atoms with van der Waals surface area (Å²) in [5.41, 5.74) is 3.17. The Morgan fingerprint density at radius 1 is 0.905 bits per heavy atom. The van der Waals surface area contributed by atoms with Crippen LogP contribution in [-0.4, -0.2) is 8.42 Å². The topological polar surface area (TPSA) is 46.2 Å². The number of fused-ring (bicyclic) bond motifs is 1. The second kappa shape index (κ2) is 5.84. The summed E-state index contributed by atoms with van der Waals surface area (Å²) in [5.74, 6) is 0. The number of allylic oxidation sites excluding steroid dienone is 1. The molecule has 0 radical (unpaired) electrons.